The first kappa shape index (κ1) is 27.9. The topological polar surface area (TPSA) is 97.8 Å². The van der Waals surface area contributed by atoms with E-state index in [1.165, 1.54) is 33.3 Å². The lowest BCUT2D eigenvalue weighted by Crippen LogP contribution is -2.32. The molecule has 9 nitrogen and oxygen atoms in total. The number of carbonyl (C=O) groups is 2. The first-order valence-corrected chi connectivity index (χ1v) is 12.0. The van der Waals surface area contributed by atoms with Gasteiger partial charge >= 0.3 is 0 Å². The van der Waals surface area contributed by atoms with Gasteiger partial charge in [-0.05, 0) is 75.8 Å². The fraction of sp³-hybridized carbons (Fsp3) is 0.429. The number of hydrogen-bond donors (Lipinski definition) is 1. The Bertz CT molecular complexity index is 1190. The van der Waals surface area contributed by atoms with Crippen LogP contribution in [0.5, 0.6) is 23.0 Å². The number of hydrogen-bond acceptors (Lipinski definition) is 8. The molecule has 9 heteroatoms. The number of carbonyl (C=O) groups excluding carboxylic acids is 2. The zero-order valence-corrected chi connectivity index (χ0v) is 22.8. The van der Waals surface area contributed by atoms with Crippen LogP contribution < -0.4 is 18.9 Å². The molecule has 37 heavy (non-hydrogen) atoms. The summed E-state index contributed by atoms with van der Waals surface area (Å²) in [6.07, 6.45) is 0.633. The van der Waals surface area contributed by atoms with Crippen molar-refractivity contribution in [3.8, 4) is 23.0 Å². The zero-order chi connectivity index (χ0) is 27.4. The van der Waals surface area contributed by atoms with Gasteiger partial charge in [0.2, 0.25) is 5.75 Å². The van der Waals surface area contributed by atoms with Crippen LogP contribution in [0.25, 0.3) is 5.76 Å². The maximum Gasteiger partial charge on any atom is 0.295 e. The summed E-state index contributed by atoms with van der Waals surface area (Å²) in [6, 6.07) is 6.19. The first-order valence-electron chi connectivity index (χ1n) is 12.0. The number of amides is 1. The molecule has 0 aromatic heterocycles. The quantitative estimate of drug-likeness (QED) is 0.292. The van der Waals surface area contributed by atoms with E-state index >= 15 is 0 Å². The van der Waals surface area contributed by atoms with E-state index in [0.717, 1.165) is 17.7 Å². The lowest BCUT2D eigenvalue weighted by Gasteiger charge is -2.27. The summed E-state index contributed by atoms with van der Waals surface area (Å²) < 4.78 is 22.1. The van der Waals surface area contributed by atoms with E-state index in [1.807, 2.05) is 38.9 Å². The number of rotatable bonds is 10. The van der Waals surface area contributed by atoms with E-state index in [0.29, 0.717) is 47.1 Å². The van der Waals surface area contributed by atoms with Crippen molar-refractivity contribution in [3.63, 3.8) is 0 Å². The summed E-state index contributed by atoms with van der Waals surface area (Å²) in [6.45, 7) is 4.78. The van der Waals surface area contributed by atoms with Crippen LogP contribution in [-0.2, 0) is 9.59 Å². The number of aliphatic hydroxyl groups excluding tert-OH is 1. The first-order chi connectivity index (χ1) is 17.6. The standard InChI is InChI=1S/C28H36N2O7/c1-16-12-17(2)26(36-7)19(13-16)24(31)22-23(30(28(33)25(22)32)11-9-10-29(3)4)18-14-20(34-5)27(37-8)21(15-18)35-6/h12-15,23,31H,9-11H2,1-8H3/b24-22+. The summed E-state index contributed by atoms with van der Waals surface area (Å²) in [5, 5.41) is 11.6. The Kier molecular flexibility index (Phi) is 8.70. The Morgan fingerprint density at radius 3 is 2.03 bits per heavy atom. The molecule has 0 spiro atoms. The minimum atomic E-state index is -0.874. The molecule has 2 aromatic carbocycles. The minimum absolute atomic E-state index is 0.0209. The predicted octanol–water partition coefficient (Wildman–Crippen LogP) is 3.71. The highest BCUT2D eigenvalue weighted by atomic mass is 16.5. The number of benzene rings is 2. The van der Waals surface area contributed by atoms with E-state index in [4.69, 9.17) is 18.9 Å². The van der Waals surface area contributed by atoms with Crippen LogP contribution in [0.1, 0.15) is 34.7 Å². The molecular weight excluding hydrogens is 476 g/mol. The predicted molar refractivity (Wildman–Crippen MR) is 141 cm³/mol. The van der Waals surface area contributed by atoms with Crippen molar-refractivity contribution in [3.05, 3.63) is 52.1 Å². The molecule has 0 radical (unpaired) electrons. The van der Waals surface area contributed by atoms with Crippen molar-refractivity contribution in [2.45, 2.75) is 26.3 Å². The molecule has 1 aliphatic rings. The van der Waals surface area contributed by atoms with Gasteiger partial charge < -0.3 is 33.9 Å². The second kappa shape index (κ2) is 11.6. The van der Waals surface area contributed by atoms with Crippen molar-refractivity contribution < 1.29 is 33.6 Å². The number of likely N-dealkylation sites (tertiary alicyclic amines) is 1. The van der Waals surface area contributed by atoms with Crippen LogP contribution in [0.2, 0.25) is 0 Å². The molecule has 1 unspecified atom stereocenters. The van der Waals surface area contributed by atoms with Gasteiger partial charge in [-0.2, -0.15) is 0 Å². The number of aryl methyl sites for hydroxylation is 2. The van der Waals surface area contributed by atoms with Crippen LogP contribution >= 0.6 is 0 Å². The van der Waals surface area contributed by atoms with Crippen molar-refractivity contribution >= 4 is 17.4 Å². The third-order valence-corrected chi connectivity index (χ3v) is 6.43. The maximum absolute atomic E-state index is 13.5. The van der Waals surface area contributed by atoms with Crippen molar-refractivity contribution in [1.82, 2.24) is 9.80 Å². The molecule has 2 aromatic rings. The molecule has 1 N–H and O–H groups in total. The molecule has 1 saturated heterocycles. The highest BCUT2D eigenvalue weighted by molar-refractivity contribution is 6.46. The van der Waals surface area contributed by atoms with E-state index in [2.05, 4.69) is 0 Å². The Balaban J connectivity index is 2.30. The Hall–Kier alpha value is -3.72. The monoisotopic (exact) mass is 512 g/mol. The van der Waals surface area contributed by atoms with E-state index in [9.17, 15) is 14.7 Å². The van der Waals surface area contributed by atoms with Gasteiger partial charge in [-0.3, -0.25) is 9.59 Å². The van der Waals surface area contributed by atoms with Gasteiger partial charge in [0.15, 0.2) is 11.5 Å². The van der Waals surface area contributed by atoms with Gasteiger partial charge in [-0.1, -0.05) is 6.07 Å². The third kappa shape index (κ3) is 5.36. The molecule has 1 aliphatic heterocycles. The van der Waals surface area contributed by atoms with E-state index in [1.54, 1.807) is 18.2 Å². The SMILES string of the molecule is COc1cc(C2/C(=C(\O)c3cc(C)cc(C)c3OC)C(=O)C(=O)N2CCCN(C)C)cc(OC)c1OC. The van der Waals surface area contributed by atoms with E-state index < -0.39 is 17.7 Å². The largest absolute Gasteiger partial charge is 0.507 e. The lowest BCUT2D eigenvalue weighted by molar-refractivity contribution is -0.139. The number of Topliss-reactive ketones (excluding diaryl/α,β-unsaturated/α-hetero) is 1. The fourth-order valence-electron chi connectivity index (χ4n) is 4.82. The molecule has 3 rings (SSSR count). The molecule has 0 bridgehead atoms. The van der Waals surface area contributed by atoms with Crippen LogP contribution in [0, 0.1) is 13.8 Å². The average molecular weight is 513 g/mol. The van der Waals surface area contributed by atoms with Gasteiger partial charge in [0.1, 0.15) is 11.5 Å². The molecule has 0 saturated carbocycles. The highest BCUT2D eigenvalue weighted by Gasteiger charge is 2.46. The molecule has 1 fully saturated rings. The van der Waals surface area contributed by atoms with Crippen LogP contribution in [0.3, 0.4) is 0 Å². The average Bonchev–Trinajstić information content (AvgIpc) is 3.11. The van der Waals surface area contributed by atoms with Crippen LogP contribution in [0.4, 0.5) is 0 Å². The van der Waals surface area contributed by atoms with Gasteiger partial charge in [-0.25, -0.2) is 0 Å². The van der Waals surface area contributed by atoms with Gasteiger partial charge in [-0.15, -0.1) is 0 Å². The second-order valence-corrected chi connectivity index (χ2v) is 9.27. The molecule has 0 aliphatic carbocycles. The molecule has 1 atom stereocenters. The zero-order valence-electron chi connectivity index (χ0n) is 22.8. The van der Waals surface area contributed by atoms with Crippen molar-refractivity contribution in [2.75, 3.05) is 55.6 Å². The number of methoxy groups -OCH3 is 4. The smallest absolute Gasteiger partial charge is 0.295 e. The highest BCUT2D eigenvalue weighted by Crippen LogP contribution is 2.46. The Morgan fingerprint density at radius 1 is 0.919 bits per heavy atom. The molecule has 1 heterocycles. The van der Waals surface area contributed by atoms with Gasteiger partial charge in [0.25, 0.3) is 11.7 Å². The summed E-state index contributed by atoms with van der Waals surface area (Å²) in [7, 11) is 9.88. The maximum atomic E-state index is 13.5. The fourth-order valence-corrected chi connectivity index (χ4v) is 4.82. The molecule has 200 valence electrons. The summed E-state index contributed by atoms with van der Waals surface area (Å²) >= 11 is 0. The van der Waals surface area contributed by atoms with Gasteiger partial charge in [0.05, 0.1) is 45.6 Å². The Morgan fingerprint density at radius 2 is 1.51 bits per heavy atom. The second-order valence-electron chi connectivity index (χ2n) is 9.27. The molecular formula is C28H36N2O7. The summed E-state index contributed by atoms with van der Waals surface area (Å²) in [4.78, 5) is 30.3. The van der Waals surface area contributed by atoms with Crippen LogP contribution in [-0.4, -0.2) is 82.2 Å². The van der Waals surface area contributed by atoms with Crippen LogP contribution in [0.15, 0.2) is 29.8 Å². The number of aliphatic hydroxyl groups is 1. The third-order valence-electron chi connectivity index (χ3n) is 6.43. The number of ether oxygens (including phenoxy) is 4. The van der Waals surface area contributed by atoms with Crippen molar-refractivity contribution in [2.24, 2.45) is 0 Å². The Labute approximate surface area is 218 Å². The summed E-state index contributed by atoms with van der Waals surface area (Å²) in [5.74, 6) is -0.167. The number of ketones is 1. The lowest BCUT2D eigenvalue weighted by atomic mass is 9.93. The minimum Gasteiger partial charge on any atom is -0.507 e. The van der Waals surface area contributed by atoms with Crippen molar-refractivity contribution in [1.29, 1.82) is 0 Å². The van der Waals surface area contributed by atoms with Gasteiger partial charge in [0, 0.05) is 6.54 Å². The normalized spacial score (nSPS) is 16.9. The molecule has 1 amide bonds. The van der Waals surface area contributed by atoms with E-state index in [-0.39, 0.29) is 11.3 Å². The number of nitrogens with zero attached hydrogens (tertiary/aromatic N) is 2. The summed E-state index contributed by atoms with van der Waals surface area (Å²) in [5.41, 5.74) is 2.55.